The van der Waals surface area contributed by atoms with E-state index in [0.717, 1.165) is 42.6 Å². The zero-order valence-corrected chi connectivity index (χ0v) is 16.2. The summed E-state index contributed by atoms with van der Waals surface area (Å²) in [5, 5.41) is 23.8. The molecule has 0 radical (unpaired) electrons. The van der Waals surface area contributed by atoms with E-state index in [9.17, 15) is 10.5 Å². The summed E-state index contributed by atoms with van der Waals surface area (Å²) in [6, 6.07) is 14.4. The molecule has 0 amide bonds. The molecule has 6 heteroatoms. The van der Waals surface area contributed by atoms with Crippen molar-refractivity contribution in [3.63, 3.8) is 0 Å². The summed E-state index contributed by atoms with van der Waals surface area (Å²) >= 11 is 1.63. The van der Waals surface area contributed by atoms with Crippen LogP contribution >= 0.6 is 11.3 Å². The molecule has 28 heavy (non-hydrogen) atoms. The van der Waals surface area contributed by atoms with Gasteiger partial charge < -0.3 is 10.6 Å². The summed E-state index contributed by atoms with van der Waals surface area (Å²) < 4.78 is 0. The fourth-order valence-corrected chi connectivity index (χ4v) is 4.38. The molecule has 1 aromatic carbocycles. The van der Waals surface area contributed by atoms with Crippen molar-refractivity contribution in [2.45, 2.75) is 19.3 Å². The van der Waals surface area contributed by atoms with Crippen molar-refractivity contribution in [3.8, 4) is 34.4 Å². The zero-order chi connectivity index (χ0) is 19.5. The quantitative estimate of drug-likeness (QED) is 0.700. The second kappa shape index (κ2) is 7.72. The maximum atomic E-state index is 9.99. The summed E-state index contributed by atoms with van der Waals surface area (Å²) in [7, 11) is 0. The normalized spacial score (nSPS) is 13.7. The summed E-state index contributed by atoms with van der Waals surface area (Å²) in [4.78, 5) is 6.57. The number of rotatable bonds is 3. The van der Waals surface area contributed by atoms with E-state index in [-0.39, 0.29) is 11.4 Å². The summed E-state index contributed by atoms with van der Waals surface area (Å²) in [6.07, 6.45) is 3.31. The van der Waals surface area contributed by atoms with Crippen LogP contribution in [-0.2, 0) is 0 Å². The van der Waals surface area contributed by atoms with E-state index in [1.807, 2.05) is 29.6 Å². The van der Waals surface area contributed by atoms with Gasteiger partial charge in [0.1, 0.15) is 34.9 Å². The van der Waals surface area contributed by atoms with Gasteiger partial charge >= 0.3 is 0 Å². The summed E-state index contributed by atoms with van der Waals surface area (Å²) in [5.41, 5.74) is 10.4. The molecule has 0 bridgehead atoms. The zero-order valence-electron chi connectivity index (χ0n) is 15.4. The summed E-state index contributed by atoms with van der Waals surface area (Å²) in [5.74, 6) is 0.771. The number of piperidine rings is 1. The Kier molecular flexibility index (Phi) is 4.97. The minimum Gasteiger partial charge on any atom is -0.383 e. The number of hydrogen-bond acceptors (Lipinski definition) is 6. The number of benzene rings is 1. The van der Waals surface area contributed by atoms with Crippen LogP contribution in [0.3, 0.4) is 0 Å². The van der Waals surface area contributed by atoms with E-state index in [2.05, 4.69) is 33.5 Å². The molecule has 0 atom stereocenters. The molecule has 138 valence electrons. The molecule has 1 saturated heterocycles. The van der Waals surface area contributed by atoms with Crippen molar-refractivity contribution in [2.24, 2.45) is 0 Å². The fraction of sp³-hybridized carbons (Fsp3) is 0.227. The molecular formula is C22H19N5S. The first-order chi connectivity index (χ1) is 13.7. The number of hydrogen-bond donors (Lipinski definition) is 1. The minimum atomic E-state index is 0.179. The average molecular weight is 385 g/mol. The predicted molar refractivity (Wildman–Crippen MR) is 113 cm³/mol. The largest absolute Gasteiger partial charge is 0.383 e. The molecule has 3 aromatic rings. The van der Waals surface area contributed by atoms with E-state index >= 15 is 0 Å². The lowest BCUT2D eigenvalue weighted by Crippen LogP contribution is -2.31. The molecule has 2 N–H and O–H groups in total. The molecule has 1 aliphatic rings. The van der Waals surface area contributed by atoms with Gasteiger partial charge in [0.05, 0.1) is 0 Å². The highest BCUT2D eigenvalue weighted by molar-refractivity contribution is 7.08. The second-order valence-electron chi connectivity index (χ2n) is 6.81. The molecule has 0 unspecified atom stereocenters. The molecule has 1 fully saturated rings. The lowest BCUT2D eigenvalue weighted by molar-refractivity contribution is 0.573. The molecule has 3 heterocycles. The molecule has 0 saturated carbocycles. The van der Waals surface area contributed by atoms with Crippen LogP contribution in [0.25, 0.3) is 22.3 Å². The van der Waals surface area contributed by atoms with Gasteiger partial charge in [-0.1, -0.05) is 18.2 Å². The van der Waals surface area contributed by atoms with Crippen molar-refractivity contribution in [2.75, 3.05) is 23.7 Å². The van der Waals surface area contributed by atoms with Gasteiger partial charge in [0.2, 0.25) is 0 Å². The number of aromatic nitrogens is 1. The van der Waals surface area contributed by atoms with Crippen molar-refractivity contribution in [3.05, 3.63) is 52.2 Å². The van der Waals surface area contributed by atoms with Gasteiger partial charge in [-0.25, -0.2) is 4.98 Å². The molecule has 4 rings (SSSR count). The Morgan fingerprint density at radius 2 is 1.71 bits per heavy atom. The number of nitrogens with zero attached hydrogens (tertiary/aromatic N) is 4. The highest BCUT2D eigenvalue weighted by atomic mass is 32.1. The first-order valence-electron chi connectivity index (χ1n) is 9.24. The number of nitrogens with two attached hydrogens (primary N) is 1. The molecule has 0 aliphatic carbocycles. The standard InChI is InChI=1S/C22H19N5S/c23-12-18-20(16-6-4-5-15(11-16)17-7-10-28-14-17)19(13-24)22(26-21(18)25)27-8-2-1-3-9-27/h4-7,10-11,14H,1-3,8-9H2,(H2,25,26). The van der Waals surface area contributed by atoms with Crippen LogP contribution < -0.4 is 10.6 Å². The van der Waals surface area contributed by atoms with Crippen molar-refractivity contribution in [1.29, 1.82) is 10.5 Å². The maximum Gasteiger partial charge on any atom is 0.149 e. The van der Waals surface area contributed by atoms with E-state index < -0.39 is 0 Å². The minimum absolute atomic E-state index is 0.179. The van der Waals surface area contributed by atoms with Gasteiger partial charge in [-0.05, 0) is 58.8 Å². The number of nitriles is 2. The lowest BCUT2D eigenvalue weighted by Gasteiger charge is -2.29. The van der Waals surface area contributed by atoms with Gasteiger partial charge in [-0.15, -0.1) is 0 Å². The Bertz CT molecular complexity index is 1080. The third kappa shape index (κ3) is 3.19. The topological polar surface area (TPSA) is 89.7 Å². The molecule has 5 nitrogen and oxygen atoms in total. The molecule has 0 spiro atoms. The molecular weight excluding hydrogens is 366 g/mol. The van der Waals surface area contributed by atoms with E-state index in [0.29, 0.717) is 16.9 Å². The number of thiophene rings is 1. The van der Waals surface area contributed by atoms with Gasteiger partial charge in [0.15, 0.2) is 0 Å². The highest BCUT2D eigenvalue weighted by Crippen LogP contribution is 2.37. The Hall–Kier alpha value is -3.35. The maximum absolute atomic E-state index is 9.99. The highest BCUT2D eigenvalue weighted by Gasteiger charge is 2.24. The van der Waals surface area contributed by atoms with E-state index in [1.165, 1.54) is 6.42 Å². The van der Waals surface area contributed by atoms with Crippen LogP contribution in [0, 0.1) is 22.7 Å². The average Bonchev–Trinajstić information content (AvgIpc) is 3.28. The van der Waals surface area contributed by atoms with Crippen LogP contribution in [0.5, 0.6) is 0 Å². The summed E-state index contributed by atoms with van der Waals surface area (Å²) in [6.45, 7) is 1.70. The monoisotopic (exact) mass is 385 g/mol. The fourth-order valence-electron chi connectivity index (χ4n) is 3.72. The van der Waals surface area contributed by atoms with Gasteiger partial charge in [0.25, 0.3) is 0 Å². The van der Waals surface area contributed by atoms with Crippen LogP contribution in [0.15, 0.2) is 41.1 Å². The van der Waals surface area contributed by atoms with Crippen LogP contribution in [0.4, 0.5) is 11.6 Å². The van der Waals surface area contributed by atoms with Crippen molar-refractivity contribution < 1.29 is 0 Å². The lowest BCUT2D eigenvalue weighted by atomic mass is 9.93. The first kappa shape index (κ1) is 18.0. The van der Waals surface area contributed by atoms with Gasteiger partial charge in [0, 0.05) is 18.7 Å². The number of pyridine rings is 1. The van der Waals surface area contributed by atoms with Gasteiger partial charge in [-0.3, -0.25) is 0 Å². The third-order valence-corrected chi connectivity index (χ3v) is 5.77. The Balaban J connectivity index is 1.93. The van der Waals surface area contributed by atoms with Crippen molar-refractivity contribution >= 4 is 23.0 Å². The van der Waals surface area contributed by atoms with Crippen LogP contribution in [-0.4, -0.2) is 18.1 Å². The second-order valence-corrected chi connectivity index (χ2v) is 7.59. The molecule has 1 aliphatic heterocycles. The number of anilines is 2. The molecule has 2 aromatic heterocycles. The van der Waals surface area contributed by atoms with E-state index in [4.69, 9.17) is 5.73 Å². The Morgan fingerprint density at radius 3 is 2.39 bits per heavy atom. The van der Waals surface area contributed by atoms with Gasteiger partial charge in [-0.2, -0.15) is 21.9 Å². The number of nitrogen functional groups attached to an aromatic ring is 1. The van der Waals surface area contributed by atoms with E-state index in [1.54, 1.807) is 11.3 Å². The smallest absolute Gasteiger partial charge is 0.149 e. The predicted octanol–water partition coefficient (Wildman–Crippen LogP) is 4.79. The first-order valence-corrected chi connectivity index (χ1v) is 10.2. The van der Waals surface area contributed by atoms with Crippen molar-refractivity contribution in [1.82, 2.24) is 4.98 Å². The van der Waals surface area contributed by atoms with Crippen LogP contribution in [0.1, 0.15) is 30.4 Å². The Morgan fingerprint density at radius 1 is 0.964 bits per heavy atom. The third-order valence-electron chi connectivity index (χ3n) is 5.09. The Labute approximate surface area is 168 Å². The van der Waals surface area contributed by atoms with Crippen LogP contribution in [0.2, 0.25) is 0 Å². The SMILES string of the molecule is N#Cc1c(N)nc(N2CCCCC2)c(C#N)c1-c1cccc(-c2ccsc2)c1.